The Morgan fingerprint density at radius 1 is 1.29 bits per heavy atom. The van der Waals surface area contributed by atoms with Crippen LogP contribution in [0.1, 0.15) is 32.1 Å². The maximum absolute atomic E-state index is 12.0. The lowest BCUT2D eigenvalue weighted by atomic mass is 10.1. The highest BCUT2D eigenvalue weighted by atomic mass is 16.2. The molecule has 0 saturated carbocycles. The molecule has 1 aromatic rings. The van der Waals surface area contributed by atoms with Crippen molar-refractivity contribution < 1.29 is 4.79 Å². The molecule has 0 unspecified atom stereocenters. The lowest BCUT2D eigenvalue weighted by molar-refractivity contribution is -0.117. The van der Waals surface area contributed by atoms with Crippen LogP contribution >= 0.6 is 0 Å². The smallest absolute Gasteiger partial charge is 0.241 e. The van der Waals surface area contributed by atoms with E-state index in [1.165, 1.54) is 32.4 Å². The van der Waals surface area contributed by atoms with Crippen molar-refractivity contribution >= 4 is 11.6 Å². The van der Waals surface area contributed by atoms with Gasteiger partial charge in [-0.25, -0.2) is 0 Å². The first-order valence-electron chi connectivity index (χ1n) is 8.10. The Labute approximate surface area is 125 Å². The van der Waals surface area contributed by atoms with E-state index >= 15 is 0 Å². The van der Waals surface area contributed by atoms with Crippen LogP contribution in [-0.4, -0.2) is 52.8 Å². The van der Waals surface area contributed by atoms with E-state index in [-0.39, 0.29) is 11.9 Å². The third kappa shape index (κ3) is 4.04. The fourth-order valence-corrected chi connectivity index (χ4v) is 3.12. The summed E-state index contributed by atoms with van der Waals surface area (Å²) in [4.78, 5) is 14.5. The normalized spacial score (nSPS) is 23.3. The van der Waals surface area contributed by atoms with Gasteiger partial charge in [-0.3, -0.25) is 9.48 Å². The lowest BCUT2D eigenvalue weighted by Gasteiger charge is -2.26. The molecule has 1 atom stereocenters. The molecule has 2 N–H and O–H groups in total. The minimum absolute atomic E-state index is 0.0401. The SMILES string of the molecule is O=C(Nc1cnn(CCN2CCCCC2)c1)[C@@H]1CCCN1. The van der Waals surface area contributed by atoms with Crippen molar-refractivity contribution in [1.82, 2.24) is 20.0 Å². The summed E-state index contributed by atoms with van der Waals surface area (Å²) in [5.41, 5.74) is 0.798. The summed E-state index contributed by atoms with van der Waals surface area (Å²) in [6.07, 6.45) is 9.66. The molecule has 6 heteroatoms. The standard InChI is InChI=1S/C15H25N5O/c21-15(14-5-4-6-16-14)18-13-11-17-20(12-13)10-9-19-7-2-1-3-8-19/h11-12,14,16H,1-10H2,(H,18,21)/t14-/m0/s1. The summed E-state index contributed by atoms with van der Waals surface area (Å²) in [6.45, 7) is 5.28. The van der Waals surface area contributed by atoms with Gasteiger partial charge in [-0.05, 0) is 45.3 Å². The van der Waals surface area contributed by atoms with Crippen molar-refractivity contribution in [2.45, 2.75) is 44.7 Å². The zero-order valence-corrected chi connectivity index (χ0v) is 12.6. The van der Waals surface area contributed by atoms with E-state index in [1.807, 2.05) is 10.9 Å². The number of nitrogens with zero attached hydrogens (tertiary/aromatic N) is 3. The topological polar surface area (TPSA) is 62.2 Å². The minimum Gasteiger partial charge on any atom is -0.322 e. The molecule has 2 aliphatic rings. The monoisotopic (exact) mass is 291 g/mol. The van der Waals surface area contributed by atoms with E-state index in [1.54, 1.807) is 6.20 Å². The van der Waals surface area contributed by atoms with E-state index in [0.29, 0.717) is 0 Å². The molecule has 21 heavy (non-hydrogen) atoms. The fourth-order valence-electron chi connectivity index (χ4n) is 3.12. The summed E-state index contributed by atoms with van der Waals surface area (Å²) < 4.78 is 1.92. The maximum atomic E-state index is 12.0. The molecule has 0 aromatic carbocycles. The molecular weight excluding hydrogens is 266 g/mol. The van der Waals surface area contributed by atoms with E-state index in [4.69, 9.17) is 0 Å². The van der Waals surface area contributed by atoms with Gasteiger partial charge < -0.3 is 15.5 Å². The third-order valence-corrected chi connectivity index (χ3v) is 4.37. The lowest BCUT2D eigenvalue weighted by Crippen LogP contribution is -2.35. The highest BCUT2D eigenvalue weighted by molar-refractivity contribution is 5.94. The largest absolute Gasteiger partial charge is 0.322 e. The minimum atomic E-state index is -0.0401. The predicted octanol–water partition coefficient (Wildman–Crippen LogP) is 1.06. The van der Waals surface area contributed by atoms with Gasteiger partial charge in [0.1, 0.15) is 0 Å². The van der Waals surface area contributed by atoms with Crippen LogP contribution in [0.2, 0.25) is 0 Å². The van der Waals surface area contributed by atoms with Crippen LogP contribution in [0, 0.1) is 0 Å². The molecule has 0 bridgehead atoms. The number of likely N-dealkylation sites (tertiary alicyclic amines) is 1. The molecule has 0 spiro atoms. The van der Waals surface area contributed by atoms with Gasteiger partial charge in [0.25, 0.3) is 0 Å². The average molecular weight is 291 g/mol. The second-order valence-corrected chi connectivity index (χ2v) is 6.03. The van der Waals surface area contributed by atoms with Crippen molar-refractivity contribution in [3.8, 4) is 0 Å². The maximum Gasteiger partial charge on any atom is 0.241 e. The van der Waals surface area contributed by atoms with Crippen LogP contribution in [-0.2, 0) is 11.3 Å². The molecule has 2 fully saturated rings. The second-order valence-electron chi connectivity index (χ2n) is 6.03. The number of hydrogen-bond donors (Lipinski definition) is 2. The van der Waals surface area contributed by atoms with Crippen LogP contribution in [0.4, 0.5) is 5.69 Å². The van der Waals surface area contributed by atoms with E-state index < -0.39 is 0 Å². The van der Waals surface area contributed by atoms with Crippen molar-refractivity contribution in [3.63, 3.8) is 0 Å². The van der Waals surface area contributed by atoms with E-state index in [0.717, 1.165) is 38.2 Å². The van der Waals surface area contributed by atoms with Crippen molar-refractivity contribution in [2.75, 3.05) is 31.5 Å². The Kier molecular flexibility index (Phi) is 4.87. The third-order valence-electron chi connectivity index (χ3n) is 4.37. The van der Waals surface area contributed by atoms with Crippen LogP contribution in [0.25, 0.3) is 0 Å². The Morgan fingerprint density at radius 2 is 2.14 bits per heavy atom. The first-order chi connectivity index (χ1) is 10.3. The number of amides is 1. The first-order valence-corrected chi connectivity index (χ1v) is 8.10. The quantitative estimate of drug-likeness (QED) is 0.851. The van der Waals surface area contributed by atoms with E-state index in [9.17, 15) is 4.79 Å². The van der Waals surface area contributed by atoms with Crippen molar-refractivity contribution in [2.24, 2.45) is 0 Å². The molecule has 0 aliphatic carbocycles. The predicted molar refractivity (Wildman–Crippen MR) is 82.2 cm³/mol. The van der Waals surface area contributed by atoms with Gasteiger partial charge in [0, 0.05) is 12.7 Å². The molecule has 2 aliphatic heterocycles. The van der Waals surface area contributed by atoms with Crippen LogP contribution in [0.3, 0.4) is 0 Å². The summed E-state index contributed by atoms with van der Waals surface area (Å²) in [5.74, 6) is 0.0584. The molecule has 3 heterocycles. The zero-order chi connectivity index (χ0) is 14.5. The Hall–Kier alpha value is -1.40. The number of anilines is 1. The number of rotatable bonds is 5. The number of piperidine rings is 1. The van der Waals surface area contributed by atoms with Crippen LogP contribution in [0.5, 0.6) is 0 Å². The van der Waals surface area contributed by atoms with Gasteiger partial charge in [-0.2, -0.15) is 5.10 Å². The summed E-state index contributed by atoms with van der Waals surface area (Å²) >= 11 is 0. The number of aromatic nitrogens is 2. The Morgan fingerprint density at radius 3 is 2.90 bits per heavy atom. The first kappa shape index (κ1) is 14.5. The molecule has 6 nitrogen and oxygen atoms in total. The zero-order valence-electron chi connectivity index (χ0n) is 12.6. The fraction of sp³-hybridized carbons (Fsp3) is 0.733. The average Bonchev–Trinajstić information content (AvgIpc) is 3.18. The summed E-state index contributed by atoms with van der Waals surface area (Å²) in [5, 5.41) is 10.5. The molecule has 0 radical (unpaired) electrons. The van der Waals surface area contributed by atoms with Crippen molar-refractivity contribution in [3.05, 3.63) is 12.4 Å². The number of nitrogens with one attached hydrogen (secondary N) is 2. The number of carbonyl (C=O) groups excluding carboxylic acids is 1. The molecular formula is C15H25N5O. The second kappa shape index (κ2) is 7.04. The van der Waals surface area contributed by atoms with Gasteiger partial charge in [0.15, 0.2) is 0 Å². The highest BCUT2D eigenvalue weighted by Gasteiger charge is 2.22. The van der Waals surface area contributed by atoms with Crippen LogP contribution in [0.15, 0.2) is 12.4 Å². The number of carbonyl (C=O) groups is 1. The van der Waals surface area contributed by atoms with Crippen LogP contribution < -0.4 is 10.6 Å². The molecule has 3 rings (SSSR count). The molecule has 1 amide bonds. The van der Waals surface area contributed by atoms with Gasteiger partial charge in [0.05, 0.1) is 24.5 Å². The van der Waals surface area contributed by atoms with Gasteiger partial charge in [-0.1, -0.05) is 6.42 Å². The molecule has 2 saturated heterocycles. The van der Waals surface area contributed by atoms with Gasteiger partial charge in [0.2, 0.25) is 5.91 Å². The summed E-state index contributed by atoms with van der Waals surface area (Å²) in [6, 6.07) is -0.0401. The van der Waals surface area contributed by atoms with Gasteiger partial charge >= 0.3 is 0 Å². The number of hydrogen-bond acceptors (Lipinski definition) is 4. The molecule has 1 aromatic heterocycles. The Bertz CT molecular complexity index is 460. The Balaban J connectivity index is 1.45. The summed E-state index contributed by atoms with van der Waals surface area (Å²) in [7, 11) is 0. The molecule has 116 valence electrons. The highest BCUT2D eigenvalue weighted by Crippen LogP contribution is 2.11. The van der Waals surface area contributed by atoms with Gasteiger partial charge in [-0.15, -0.1) is 0 Å². The van der Waals surface area contributed by atoms with Crippen molar-refractivity contribution in [1.29, 1.82) is 0 Å². The van der Waals surface area contributed by atoms with E-state index in [2.05, 4.69) is 20.6 Å².